The fraction of sp³-hybridized carbons (Fsp3) is 0.238. The minimum absolute atomic E-state index is 0.00600. The number of amides is 1. The lowest BCUT2D eigenvalue weighted by atomic mass is 9.95. The van der Waals surface area contributed by atoms with E-state index in [0.717, 1.165) is 0 Å². The second-order valence-electron chi connectivity index (χ2n) is 6.43. The number of hydrogen-bond acceptors (Lipinski definition) is 5. The Hall–Kier alpha value is -2.99. The van der Waals surface area contributed by atoms with E-state index in [1.54, 1.807) is 24.3 Å². The maximum absolute atomic E-state index is 12.8. The van der Waals surface area contributed by atoms with E-state index >= 15 is 0 Å². The number of ketones is 1. The number of hydrogen-bond donors (Lipinski definition) is 2. The summed E-state index contributed by atoms with van der Waals surface area (Å²) in [4.78, 5) is 26.8. The van der Waals surface area contributed by atoms with E-state index in [0.29, 0.717) is 34.9 Å². The Morgan fingerprint density at radius 1 is 1.18 bits per heavy atom. The number of aliphatic hydroxyl groups excluding tert-OH is 1. The summed E-state index contributed by atoms with van der Waals surface area (Å²) in [5.74, 6) is -1.31. The monoisotopic (exact) mass is 401 g/mol. The first-order chi connectivity index (χ1) is 13.4. The molecule has 1 heterocycles. The van der Waals surface area contributed by atoms with E-state index in [2.05, 4.69) is 0 Å². The van der Waals surface area contributed by atoms with Crippen LogP contribution in [0.2, 0.25) is 5.02 Å². The first-order valence-electron chi connectivity index (χ1n) is 8.80. The average Bonchev–Trinajstić information content (AvgIpc) is 2.94. The highest BCUT2D eigenvalue weighted by molar-refractivity contribution is 6.46. The van der Waals surface area contributed by atoms with E-state index in [4.69, 9.17) is 16.3 Å². The van der Waals surface area contributed by atoms with Crippen molar-refractivity contribution in [1.82, 2.24) is 4.90 Å². The zero-order chi connectivity index (χ0) is 20.4. The first-order valence-corrected chi connectivity index (χ1v) is 9.18. The van der Waals surface area contributed by atoms with E-state index in [1.807, 2.05) is 6.92 Å². The number of carbonyl (C=O) groups excluding carboxylic acids is 2. The molecule has 2 N–H and O–H groups in total. The predicted molar refractivity (Wildman–Crippen MR) is 105 cm³/mol. The van der Waals surface area contributed by atoms with Crippen LogP contribution in [0.25, 0.3) is 5.76 Å². The maximum atomic E-state index is 12.8. The highest BCUT2D eigenvalue weighted by atomic mass is 35.5. The molecule has 7 heteroatoms. The van der Waals surface area contributed by atoms with Crippen LogP contribution >= 0.6 is 11.6 Å². The van der Waals surface area contributed by atoms with E-state index < -0.39 is 17.7 Å². The molecular weight excluding hydrogens is 382 g/mol. The predicted octanol–water partition coefficient (Wildman–Crippen LogP) is 3.89. The van der Waals surface area contributed by atoms with Gasteiger partial charge in [0.1, 0.15) is 17.3 Å². The molecule has 1 aliphatic rings. The molecule has 1 atom stereocenters. The average molecular weight is 402 g/mol. The summed E-state index contributed by atoms with van der Waals surface area (Å²) in [6.45, 7) is 2.26. The SMILES string of the molecule is CCCN1C(=O)C(=O)/C(=C(\O)c2ccc(Cl)c(OC)c2)C1c1ccc(O)cc1. The second kappa shape index (κ2) is 7.94. The number of aromatic hydroxyl groups is 1. The summed E-state index contributed by atoms with van der Waals surface area (Å²) < 4.78 is 5.18. The number of aliphatic hydroxyl groups is 1. The van der Waals surface area contributed by atoms with Gasteiger partial charge in [0.05, 0.1) is 23.7 Å². The highest BCUT2D eigenvalue weighted by Crippen LogP contribution is 2.40. The number of methoxy groups -OCH3 is 1. The van der Waals surface area contributed by atoms with Crippen LogP contribution in [0, 0.1) is 0 Å². The lowest BCUT2D eigenvalue weighted by Crippen LogP contribution is -2.30. The van der Waals surface area contributed by atoms with Crippen molar-refractivity contribution in [2.45, 2.75) is 19.4 Å². The lowest BCUT2D eigenvalue weighted by Gasteiger charge is -2.25. The minimum Gasteiger partial charge on any atom is -0.508 e. The Kier molecular flexibility index (Phi) is 5.61. The van der Waals surface area contributed by atoms with Gasteiger partial charge < -0.3 is 19.8 Å². The molecule has 2 aromatic carbocycles. The Bertz CT molecular complexity index is 952. The molecule has 2 aromatic rings. The van der Waals surface area contributed by atoms with Crippen LogP contribution in [-0.2, 0) is 9.59 Å². The molecule has 1 aliphatic heterocycles. The molecule has 1 saturated heterocycles. The standard InChI is InChI=1S/C21H20ClNO5/c1-3-10-23-18(12-4-7-14(24)8-5-12)17(20(26)21(23)27)19(25)13-6-9-15(22)16(11-13)28-2/h4-9,11,18,24-25H,3,10H2,1-2H3/b19-17-. The van der Waals surface area contributed by atoms with Gasteiger partial charge >= 0.3 is 0 Å². The van der Waals surface area contributed by atoms with E-state index in [-0.39, 0.29) is 17.1 Å². The fourth-order valence-corrected chi connectivity index (χ4v) is 3.51. The van der Waals surface area contributed by atoms with Crippen molar-refractivity contribution in [3.8, 4) is 11.5 Å². The summed E-state index contributed by atoms with van der Waals surface area (Å²) in [6.07, 6.45) is 0.649. The van der Waals surface area contributed by atoms with Crippen molar-refractivity contribution in [2.24, 2.45) is 0 Å². The van der Waals surface area contributed by atoms with Gasteiger partial charge in [-0.15, -0.1) is 0 Å². The van der Waals surface area contributed by atoms with Crippen molar-refractivity contribution in [2.75, 3.05) is 13.7 Å². The van der Waals surface area contributed by atoms with E-state index in [9.17, 15) is 19.8 Å². The number of Topliss-reactive ketones (excluding diaryl/α,β-unsaturated/α-hetero) is 1. The van der Waals surface area contributed by atoms with Gasteiger partial charge in [-0.2, -0.15) is 0 Å². The summed E-state index contributed by atoms with van der Waals surface area (Å²) >= 11 is 6.04. The fourth-order valence-electron chi connectivity index (χ4n) is 3.32. The van der Waals surface area contributed by atoms with Crippen molar-refractivity contribution in [3.05, 3.63) is 64.2 Å². The third-order valence-electron chi connectivity index (χ3n) is 4.64. The molecule has 28 heavy (non-hydrogen) atoms. The second-order valence-corrected chi connectivity index (χ2v) is 6.84. The molecule has 0 spiro atoms. The van der Waals surface area contributed by atoms with E-state index in [1.165, 1.54) is 30.2 Å². The molecule has 0 saturated carbocycles. The number of nitrogens with zero attached hydrogens (tertiary/aromatic N) is 1. The number of halogens is 1. The Morgan fingerprint density at radius 2 is 1.86 bits per heavy atom. The normalized spacial score (nSPS) is 18.5. The number of ether oxygens (including phenoxy) is 1. The van der Waals surface area contributed by atoms with Crippen molar-refractivity contribution >= 4 is 29.1 Å². The highest BCUT2D eigenvalue weighted by Gasteiger charge is 2.45. The number of likely N-dealkylation sites (tertiary alicyclic amines) is 1. The first kappa shape index (κ1) is 19.8. The number of carbonyl (C=O) groups is 2. The molecule has 0 radical (unpaired) electrons. The molecule has 6 nitrogen and oxygen atoms in total. The van der Waals surface area contributed by atoms with Gasteiger partial charge in [0.2, 0.25) is 0 Å². The smallest absolute Gasteiger partial charge is 0.295 e. The summed E-state index contributed by atoms with van der Waals surface area (Å²) in [7, 11) is 1.45. The van der Waals surface area contributed by atoms with Gasteiger partial charge in [-0.1, -0.05) is 30.7 Å². The largest absolute Gasteiger partial charge is 0.508 e. The number of phenolic OH excluding ortho intramolecular Hbond substituents is 1. The quantitative estimate of drug-likeness (QED) is 0.451. The number of benzene rings is 2. The van der Waals surface area contributed by atoms with Crippen LogP contribution in [0.1, 0.15) is 30.5 Å². The Morgan fingerprint density at radius 3 is 2.46 bits per heavy atom. The van der Waals surface area contributed by atoms with Gasteiger partial charge in [-0.25, -0.2) is 0 Å². The molecule has 0 aliphatic carbocycles. The molecule has 1 amide bonds. The lowest BCUT2D eigenvalue weighted by molar-refractivity contribution is -0.139. The van der Waals surface area contributed by atoms with Crippen LogP contribution in [0.4, 0.5) is 0 Å². The third kappa shape index (κ3) is 3.43. The van der Waals surface area contributed by atoms with Gasteiger partial charge in [-0.3, -0.25) is 9.59 Å². The third-order valence-corrected chi connectivity index (χ3v) is 4.95. The van der Waals surface area contributed by atoms with Crippen molar-refractivity contribution < 1.29 is 24.5 Å². The van der Waals surface area contributed by atoms with Crippen molar-refractivity contribution in [3.63, 3.8) is 0 Å². The molecule has 146 valence electrons. The topological polar surface area (TPSA) is 87.1 Å². The molecular formula is C21H20ClNO5. The molecule has 1 unspecified atom stereocenters. The van der Waals surface area contributed by atoms with Gasteiger partial charge in [-0.05, 0) is 42.3 Å². The van der Waals surface area contributed by atoms with Gasteiger partial charge in [0, 0.05) is 12.1 Å². The van der Waals surface area contributed by atoms with Crippen molar-refractivity contribution in [1.29, 1.82) is 0 Å². The molecule has 1 fully saturated rings. The summed E-state index contributed by atoms with van der Waals surface area (Å²) in [5, 5.41) is 20.9. The van der Waals surface area contributed by atoms with Crippen LogP contribution in [0.15, 0.2) is 48.0 Å². The minimum atomic E-state index is -0.752. The van der Waals surface area contributed by atoms with Crippen LogP contribution in [0.3, 0.4) is 0 Å². The summed E-state index contributed by atoms with van der Waals surface area (Å²) in [6, 6.07) is 10.1. The van der Waals surface area contributed by atoms with Crippen LogP contribution in [0.5, 0.6) is 11.5 Å². The Labute approximate surface area is 167 Å². The molecule has 0 bridgehead atoms. The zero-order valence-electron chi connectivity index (χ0n) is 15.5. The Balaban J connectivity index is 2.19. The van der Waals surface area contributed by atoms with Gasteiger partial charge in [0.15, 0.2) is 0 Å². The zero-order valence-corrected chi connectivity index (χ0v) is 16.2. The number of phenols is 1. The molecule has 0 aromatic heterocycles. The van der Waals surface area contributed by atoms with Gasteiger partial charge in [0.25, 0.3) is 11.7 Å². The summed E-state index contributed by atoms with van der Waals surface area (Å²) in [5.41, 5.74) is 0.931. The number of rotatable bonds is 5. The maximum Gasteiger partial charge on any atom is 0.295 e. The van der Waals surface area contributed by atoms with Crippen LogP contribution < -0.4 is 4.74 Å². The van der Waals surface area contributed by atoms with Crippen LogP contribution in [-0.4, -0.2) is 40.5 Å². The molecule has 3 rings (SSSR count).